The Labute approximate surface area is 67.0 Å². The van der Waals surface area contributed by atoms with Crippen LogP contribution in [0.1, 0.15) is 6.92 Å². The van der Waals surface area contributed by atoms with E-state index in [1.165, 1.54) is 0 Å². The Morgan fingerprint density at radius 2 is 2.09 bits per heavy atom. The minimum Gasteiger partial charge on any atom is -0.351 e. The lowest BCUT2D eigenvalue weighted by atomic mass is 10.5. The molecule has 0 saturated heterocycles. The highest BCUT2D eigenvalue weighted by Crippen LogP contribution is 1.97. The molecule has 0 radical (unpaired) electrons. The third kappa shape index (κ3) is 1.86. The molecule has 0 spiro atoms. The van der Waals surface area contributed by atoms with Crippen LogP contribution in [0.3, 0.4) is 0 Å². The van der Waals surface area contributed by atoms with Crippen molar-refractivity contribution in [3.8, 4) is 0 Å². The second kappa shape index (κ2) is 2.82. The fourth-order valence-corrected chi connectivity index (χ4v) is 0.901. The summed E-state index contributed by atoms with van der Waals surface area (Å²) in [5.74, 6) is 1.56. The highest BCUT2D eigenvalue weighted by atomic mass is 15.4. The topological polar surface area (TPSA) is 39.7 Å². The van der Waals surface area contributed by atoms with Gasteiger partial charge in [-0.3, -0.25) is 0 Å². The first-order chi connectivity index (χ1) is 5.09. The summed E-state index contributed by atoms with van der Waals surface area (Å²) in [6.07, 6.45) is 0.206. The zero-order valence-electron chi connectivity index (χ0n) is 7.18. The number of hydrogen-bond donors (Lipinski definition) is 2. The predicted octanol–water partition coefficient (Wildman–Crippen LogP) is -0.0860. The smallest absolute Gasteiger partial charge is 0.201 e. The summed E-state index contributed by atoms with van der Waals surface area (Å²) in [4.78, 5) is 6.08. The van der Waals surface area contributed by atoms with Crippen LogP contribution in [0.25, 0.3) is 0 Å². The molecule has 0 fully saturated rings. The first-order valence-corrected chi connectivity index (χ1v) is 3.57. The minimum atomic E-state index is 0.206. The molecule has 4 heteroatoms. The van der Waals surface area contributed by atoms with Crippen LogP contribution >= 0.6 is 0 Å². The van der Waals surface area contributed by atoms with Crippen LogP contribution in [0.4, 0.5) is 0 Å². The van der Waals surface area contributed by atoms with Gasteiger partial charge in [0, 0.05) is 14.1 Å². The first-order valence-electron chi connectivity index (χ1n) is 3.57. The molecule has 0 bridgehead atoms. The second-order valence-corrected chi connectivity index (χ2v) is 2.79. The van der Waals surface area contributed by atoms with Gasteiger partial charge in [-0.15, -0.1) is 0 Å². The van der Waals surface area contributed by atoms with Crippen molar-refractivity contribution in [3.05, 3.63) is 12.4 Å². The number of aliphatic imine (C=N–C) groups is 1. The van der Waals surface area contributed by atoms with Gasteiger partial charge in [0.15, 0.2) is 0 Å². The third-order valence-corrected chi connectivity index (χ3v) is 1.39. The van der Waals surface area contributed by atoms with Gasteiger partial charge in [0.2, 0.25) is 5.96 Å². The van der Waals surface area contributed by atoms with E-state index in [0.29, 0.717) is 5.82 Å². The first kappa shape index (κ1) is 7.91. The molecule has 1 rings (SSSR count). The van der Waals surface area contributed by atoms with Crippen molar-refractivity contribution in [1.82, 2.24) is 15.5 Å². The molecule has 1 unspecified atom stereocenters. The number of hydrogen-bond acceptors (Lipinski definition) is 4. The van der Waals surface area contributed by atoms with E-state index in [4.69, 9.17) is 0 Å². The monoisotopic (exact) mass is 154 g/mol. The third-order valence-electron chi connectivity index (χ3n) is 1.39. The zero-order chi connectivity index (χ0) is 8.43. The lowest BCUT2D eigenvalue weighted by Crippen LogP contribution is -2.51. The number of nitrogens with one attached hydrogen (secondary N) is 2. The van der Waals surface area contributed by atoms with Crippen molar-refractivity contribution in [2.75, 3.05) is 14.1 Å². The Balaban J connectivity index is 2.72. The van der Waals surface area contributed by atoms with E-state index in [1.807, 2.05) is 25.9 Å². The van der Waals surface area contributed by atoms with Crippen LogP contribution in [0.15, 0.2) is 17.4 Å². The van der Waals surface area contributed by atoms with Gasteiger partial charge in [0.1, 0.15) is 5.82 Å². The molecule has 11 heavy (non-hydrogen) atoms. The summed E-state index contributed by atoms with van der Waals surface area (Å²) in [5.41, 5.74) is 0. The summed E-state index contributed by atoms with van der Waals surface area (Å²) in [5, 5.41) is 6.19. The molecular weight excluding hydrogens is 140 g/mol. The molecule has 1 heterocycles. The fourth-order valence-electron chi connectivity index (χ4n) is 0.901. The summed E-state index contributed by atoms with van der Waals surface area (Å²) in [6, 6.07) is 0. The molecule has 0 aliphatic carbocycles. The van der Waals surface area contributed by atoms with Gasteiger partial charge in [0.25, 0.3) is 0 Å². The fraction of sp³-hybridized carbons (Fsp3) is 0.571. The molecule has 0 aromatic heterocycles. The minimum absolute atomic E-state index is 0.206. The Hall–Kier alpha value is -1.19. The molecule has 2 N–H and O–H groups in total. The van der Waals surface area contributed by atoms with Crippen LogP contribution in [0, 0.1) is 0 Å². The molecule has 4 nitrogen and oxygen atoms in total. The summed E-state index contributed by atoms with van der Waals surface area (Å²) < 4.78 is 0. The maximum Gasteiger partial charge on any atom is 0.201 e. The van der Waals surface area contributed by atoms with E-state index >= 15 is 0 Å². The van der Waals surface area contributed by atoms with Crippen molar-refractivity contribution in [1.29, 1.82) is 0 Å². The van der Waals surface area contributed by atoms with Crippen LogP contribution in [0.5, 0.6) is 0 Å². The van der Waals surface area contributed by atoms with Gasteiger partial charge in [-0.2, -0.15) is 4.99 Å². The van der Waals surface area contributed by atoms with Crippen molar-refractivity contribution in [2.45, 2.75) is 13.1 Å². The molecule has 1 atom stereocenters. The predicted molar refractivity (Wildman–Crippen MR) is 46.0 cm³/mol. The summed E-state index contributed by atoms with van der Waals surface area (Å²) in [6.45, 7) is 5.75. The summed E-state index contributed by atoms with van der Waals surface area (Å²) >= 11 is 0. The maximum atomic E-state index is 4.16. The normalized spacial score (nSPS) is 23.4. The number of rotatable bonds is 0. The van der Waals surface area contributed by atoms with E-state index in [-0.39, 0.29) is 6.17 Å². The van der Waals surface area contributed by atoms with Crippen molar-refractivity contribution in [2.24, 2.45) is 4.99 Å². The molecular formula is C7H14N4. The second-order valence-electron chi connectivity index (χ2n) is 2.79. The van der Waals surface area contributed by atoms with Crippen LogP contribution < -0.4 is 10.6 Å². The van der Waals surface area contributed by atoms with Gasteiger partial charge in [-0.05, 0) is 6.92 Å². The van der Waals surface area contributed by atoms with E-state index < -0.39 is 0 Å². The van der Waals surface area contributed by atoms with Gasteiger partial charge in [-0.1, -0.05) is 6.58 Å². The highest BCUT2D eigenvalue weighted by Gasteiger charge is 2.12. The van der Waals surface area contributed by atoms with Crippen molar-refractivity contribution >= 4 is 5.96 Å². The zero-order valence-corrected chi connectivity index (χ0v) is 7.18. The lowest BCUT2D eigenvalue weighted by molar-refractivity contribution is 0.490. The molecule has 1 aliphatic rings. The van der Waals surface area contributed by atoms with E-state index in [2.05, 4.69) is 22.2 Å². The van der Waals surface area contributed by atoms with Gasteiger partial charge in [-0.25, -0.2) is 0 Å². The van der Waals surface area contributed by atoms with Crippen molar-refractivity contribution in [3.63, 3.8) is 0 Å². The van der Waals surface area contributed by atoms with Gasteiger partial charge >= 0.3 is 0 Å². The Bertz CT molecular complexity index is 195. The van der Waals surface area contributed by atoms with Gasteiger partial charge in [0.05, 0.1) is 6.17 Å². The molecule has 0 amide bonds. The van der Waals surface area contributed by atoms with E-state index in [9.17, 15) is 0 Å². The van der Waals surface area contributed by atoms with E-state index in [1.54, 1.807) is 0 Å². The Kier molecular flexibility index (Phi) is 2.03. The Morgan fingerprint density at radius 3 is 2.55 bits per heavy atom. The number of guanidine groups is 1. The number of nitrogens with zero attached hydrogens (tertiary/aromatic N) is 2. The average Bonchev–Trinajstić information content (AvgIpc) is 1.85. The van der Waals surface area contributed by atoms with Gasteiger partial charge < -0.3 is 15.5 Å². The summed E-state index contributed by atoms with van der Waals surface area (Å²) in [7, 11) is 3.88. The van der Waals surface area contributed by atoms with Crippen LogP contribution in [0.2, 0.25) is 0 Å². The molecule has 0 saturated carbocycles. The SMILES string of the molecule is C=C1N=C(N(C)C)NC(C)N1. The molecule has 0 aromatic carbocycles. The largest absolute Gasteiger partial charge is 0.351 e. The quantitative estimate of drug-likeness (QED) is 0.512. The standard InChI is InChI=1S/C7H14N4/c1-5-8-6(2)10-7(9-5)11(3)4/h6,8H,1H2,2-4H3,(H,9,10). The molecule has 62 valence electrons. The lowest BCUT2D eigenvalue weighted by Gasteiger charge is -2.27. The molecule has 0 aromatic rings. The average molecular weight is 154 g/mol. The molecule has 1 aliphatic heterocycles. The highest BCUT2D eigenvalue weighted by molar-refractivity contribution is 5.81. The maximum absolute atomic E-state index is 4.16. The van der Waals surface area contributed by atoms with Crippen molar-refractivity contribution < 1.29 is 0 Å². The van der Waals surface area contributed by atoms with Crippen LogP contribution in [-0.2, 0) is 0 Å². The Morgan fingerprint density at radius 1 is 1.45 bits per heavy atom. The van der Waals surface area contributed by atoms with E-state index in [0.717, 1.165) is 5.96 Å². The van der Waals surface area contributed by atoms with Crippen LogP contribution in [-0.4, -0.2) is 31.1 Å².